The minimum Gasteiger partial charge on any atom is -0.497 e. The maximum Gasteiger partial charge on any atom is 0.254 e. The standard InChI is InChI=1S/C20H23NO5/c1-23-16-6-8-17(9-7-16)26-19-13-21(10-11-25-14-19)20(22)15-4-3-5-18(12-15)24-2/h3-9,12,19H,10-11,13-14H2,1-2H3/t19-/m1/s1. The smallest absolute Gasteiger partial charge is 0.254 e. The first-order valence-electron chi connectivity index (χ1n) is 8.51. The van der Waals surface area contributed by atoms with Gasteiger partial charge in [0.05, 0.1) is 34.0 Å². The van der Waals surface area contributed by atoms with Crippen LogP contribution in [0.4, 0.5) is 0 Å². The van der Waals surface area contributed by atoms with Gasteiger partial charge in [0, 0.05) is 12.1 Å². The van der Waals surface area contributed by atoms with Crippen LogP contribution in [0.5, 0.6) is 17.2 Å². The Kier molecular flexibility index (Phi) is 5.96. The summed E-state index contributed by atoms with van der Waals surface area (Å²) in [5.74, 6) is 2.09. The van der Waals surface area contributed by atoms with Gasteiger partial charge in [0.25, 0.3) is 5.91 Å². The van der Waals surface area contributed by atoms with E-state index in [-0.39, 0.29) is 12.0 Å². The molecule has 138 valence electrons. The molecular formula is C20H23NO5. The minimum absolute atomic E-state index is 0.0577. The van der Waals surface area contributed by atoms with Crippen molar-refractivity contribution < 1.29 is 23.7 Å². The van der Waals surface area contributed by atoms with Crippen molar-refractivity contribution in [3.63, 3.8) is 0 Å². The third kappa shape index (κ3) is 4.46. The molecule has 0 radical (unpaired) electrons. The quantitative estimate of drug-likeness (QED) is 0.823. The largest absolute Gasteiger partial charge is 0.497 e. The fourth-order valence-electron chi connectivity index (χ4n) is 2.82. The van der Waals surface area contributed by atoms with Gasteiger partial charge in [0.2, 0.25) is 0 Å². The van der Waals surface area contributed by atoms with Gasteiger partial charge < -0.3 is 23.8 Å². The summed E-state index contributed by atoms with van der Waals surface area (Å²) >= 11 is 0. The Bertz CT molecular complexity index is 731. The maximum atomic E-state index is 12.8. The van der Waals surface area contributed by atoms with Crippen molar-refractivity contribution in [1.29, 1.82) is 0 Å². The van der Waals surface area contributed by atoms with E-state index in [1.165, 1.54) is 0 Å². The van der Waals surface area contributed by atoms with E-state index in [1.54, 1.807) is 31.3 Å². The van der Waals surface area contributed by atoms with Crippen LogP contribution < -0.4 is 14.2 Å². The molecule has 0 unspecified atom stereocenters. The lowest BCUT2D eigenvalue weighted by atomic mass is 10.1. The lowest BCUT2D eigenvalue weighted by molar-refractivity contribution is 0.0651. The van der Waals surface area contributed by atoms with Gasteiger partial charge in [-0.3, -0.25) is 4.79 Å². The van der Waals surface area contributed by atoms with Gasteiger partial charge in [0.1, 0.15) is 23.4 Å². The van der Waals surface area contributed by atoms with Crippen molar-refractivity contribution in [1.82, 2.24) is 4.90 Å². The highest BCUT2D eigenvalue weighted by molar-refractivity contribution is 5.94. The first kappa shape index (κ1) is 18.1. The van der Waals surface area contributed by atoms with Crippen LogP contribution in [0.25, 0.3) is 0 Å². The molecule has 1 saturated heterocycles. The maximum absolute atomic E-state index is 12.8. The molecule has 2 aromatic carbocycles. The van der Waals surface area contributed by atoms with Gasteiger partial charge in [-0.05, 0) is 42.5 Å². The van der Waals surface area contributed by atoms with E-state index in [4.69, 9.17) is 18.9 Å². The molecule has 0 spiro atoms. The Balaban J connectivity index is 1.68. The number of carbonyl (C=O) groups excluding carboxylic acids is 1. The van der Waals surface area contributed by atoms with Crippen molar-refractivity contribution in [2.45, 2.75) is 6.10 Å². The molecule has 3 rings (SSSR count). The van der Waals surface area contributed by atoms with Gasteiger partial charge in [-0.1, -0.05) is 6.07 Å². The summed E-state index contributed by atoms with van der Waals surface area (Å²) in [6.07, 6.45) is -0.236. The highest BCUT2D eigenvalue weighted by Gasteiger charge is 2.25. The third-order valence-corrected chi connectivity index (χ3v) is 4.20. The average molecular weight is 357 g/mol. The van der Waals surface area contributed by atoms with Crippen LogP contribution in [-0.2, 0) is 4.74 Å². The summed E-state index contributed by atoms with van der Waals surface area (Å²) < 4.78 is 22.0. The zero-order valence-electron chi connectivity index (χ0n) is 15.0. The number of nitrogens with zero attached hydrogens (tertiary/aromatic N) is 1. The summed E-state index contributed by atoms with van der Waals surface area (Å²) in [6, 6.07) is 14.5. The van der Waals surface area contributed by atoms with E-state index in [2.05, 4.69) is 0 Å². The fourth-order valence-corrected chi connectivity index (χ4v) is 2.82. The summed E-state index contributed by atoms with van der Waals surface area (Å²) in [4.78, 5) is 14.6. The lowest BCUT2D eigenvalue weighted by Crippen LogP contribution is -2.40. The molecule has 0 N–H and O–H groups in total. The Morgan fingerprint density at radius 1 is 1.04 bits per heavy atom. The van der Waals surface area contributed by atoms with E-state index in [0.29, 0.717) is 37.6 Å². The Morgan fingerprint density at radius 2 is 1.77 bits per heavy atom. The van der Waals surface area contributed by atoms with Crippen molar-refractivity contribution in [3.8, 4) is 17.2 Å². The topological polar surface area (TPSA) is 57.2 Å². The molecule has 0 saturated carbocycles. The predicted molar refractivity (Wildman–Crippen MR) is 97.1 cm³/mol. The van der Waals surface area contributed by atoms with Gasteiger partial charge in [-0.25, -0.2) is 0 Å². The second kappa shape index (κ2) is 8.58. The first-order chi connectivity index (χ1) is 12.7. The normalized spacial score (nSPS) is 17.3. The molecule has 6 heteroatoms. The van der Waals surface area contributed by atoms with Gasteiger partial charge in [0.15, 0.2) is 0 Å². The fraction of sp³-hybridized carbons (Fsp3) is 0.350. The van der Waals surface area contributed by atoms with E-state index in [1.807, 2.05) is 36.4 Å². The highest BCUT2D eigenvalue weighted by atomic mass is 16.5. The number of rotatable bonds is 5. The molecule has 1 amide bonds. The Morgan fingerprint density at radius 3 is 2.50 bits per heavy atom. The predicted octanol–water partition coefficient (Wildman–Crippen LogP) is 2.62. The molecule has 0 bridgehead atoms. The Labute approximate surface area is 153 Å². The second-order valence-corrected chi connectivity index (χ2v) is 5.97. The molecule has 1 atom stereocenters. The summed E-state index contributed by atoms with van der Waals surface area (Å²) in [6.45, 7) is 1.91. The van der Waals surface area contributed by atoms with Crippen LogP contribution >= 0.6 is 0 Å². The number of carbonyl (C=O) groups is 1. The molecule has 1 heterocycles. The van der Waals surface area contributed by atoms with Crippen LogP contribution in [-0.4, -0.2) is 57.4 Å². The number of benzene rings is 2. The molecular weight excluding hydrogens is 334 g/mol. The number of methoxy groups -OCH3 is 2. The second-order valence-electron chi connectivity index (χ2n) is 5.97. The number of ether oxygens (including phenoxy) is 4. The van der Waals surface area contributed by atoms with E-state index < -0.39 is 0 Å². The average Bonchev–Trinajstić information content (AvgIpc) is 2.93. The molecule has 2 aromatic rings. The van der Waals surface area contributed by atoms with Crippen molar-refractivity contribution in [3.05, 3.63) is 54.1 Å². The lowest BCUT2D eigenvalue weighted by Gasteiger charge is -2.24. The number of amides is 1. The van der Waals surface area contributed by atoms with Crippen LogP contribution in [0.1, 0.15) is 10.4 Å². The van der Waals surface area contributed by atoms with Crippen molar-refractivity contribution in [2.24, 2.45) is 0 Å². The monoisotopic (exact) mass is 357 g/mol. The summed E-state index contributed by atoms with van der Waals surface area (Å²) in [7, 11) is 3.21. The van der Waals surface area contributed by atoms with Gasteiger partial charge >= 0.3 is 0 Å². The molecule has 6 nitrogen and oxygen atoms in total. The number of hydrogen-bond acceptors (Lipinski definition) is 5. The van der Waals surface area contributed by atoms with Crippen molar-refractivity contribution in [2.75, 3.05) is 40.5 Å². The van der Waals surface area contributed by atoms with E-state index in [0.717, 1.165) is 11.5 Å². The van der Waals surface area contributed by atoms with E-state index in [9.17, 15) is 4.79 Å². The molecule has 0 aromatic heterocycles. The third-order valence-electron chi connectivity index (χ3n) is 4.20. The first-order valence-corrected chi connectivity index (χ1v) is 8.51. The van der Waals surface area contributed by atoms with Crippen molar-refractivity contribution >= 4 is 5.91 Å². The van der Waals surface area contributed by atoms with Crippen LogP contribution in [0.15, 0.2) is 48.5 Å². The molecule has 1 aliphatic rings. The van der Waals surface area contributed by atoms with Gasteiger partial charge in [-0.2, -0.15) is 0 Å². The van der Waals surface area contributed by atoms with Crippen LogP contribution in [0.2, 0.25) is 0 Å². The van der Waals surface area contributed by atoms with Gasteiger partial charge in [-0.15, -0.1) is 0 Å². The molecule has 0 aliphatic carbocycles. The highest BCUT2D eigenvalue weighted by Crippen LogP contribution is 2.20. The SMILES string of the molecule is COc1ccc(O[C@H]2COCCN(C(=O)c3cccc(OC)c3)C2)cc1. The zero-order valence-corrected chi connectivity index (χ0v) is 15.0. The van der Waals surface area contributed by atoms with Crippen LogP contribution in [0.3, 0.4) is 0 Å². The minimum atomic E-state index is -0.236. The van der Waals surface area contributed by atoms with Crippen LogP contribution in [0, 0.1) is 0 Å². The molecule has 26 heavy (non-hydrogen) atoms. The van der Waals surface area contributed by atoms with E-state index >= 15 is 0 Å². The molecule has 1 fully saturated rings. The Hall–Kier alpha value is -2.73. The zero-order chi connectivity index (χ0) is 18.4. The number of hydrogen-bond donors (Lipinski definition) is 0. The molecule has 1 aliphatic heterocycles. The summed E-state index contributed by atoms with van der Waals surface area (Å²) in [5.41, 5.74) is 0.592. The summed E-state index contributed by atoms with van der Waals surface area (Å²) in [5, 5.41) is 0.